The molecule has 0 bridgehead atoms. The van der Waals surface area contributed by atoms with Gasteiger partial charge in [0.25, 0.3) is 0 Å². The molecule has 0 aliphatic rings. The number of ether oxygens (including phenoxy) is 2. The van der Waals surface area contributed by atoms with Gasteiger partial charge in [0.2, 0.25) is 0 Å². The molecule has 4 aromatic rings. The van der Waals surface area contributed by atoms with E-state index in [1.165, 1.54) is 16.9 Å². The lowest BCUT2D eigenvalue weighted by Crippen LogP contribution is -2.10. The van der Waals surface area contributed by atoms with Crippen LogP contribution in [0.25, 0.3) is 21.9 Å². The number of fused-ring (bicyclic) bond motifs is 1. The number of nitriles is 1. The van der Waals surface area contributed by atoms with Gasteiger partial charge >= 0.3 is 0 Å². The zero-order valence-electron chi connectivity index (χ0n) is 19.3. The third kappa shape index (κ3) is 5.24. The van der Waals surface area contributed by atoms with Crippen molar-refractivity contribution in [2.45, 2.75) is 32.8 Å². The predicted molar refractivity (Wildman–Crippen MR) is 136 cm³/mol. The van der Waals surface area contributed by atoms with Gasteiger partial charge in [0, 0.05) is 0 Å². The fourth-order valence-corrected chi connectivity index (χ4v) is 4.38. The molecule has 0 unspecified atom stereocenters. The Balaban J connectivity index is 1.53. The van der Waals surface area contributed by atoms with Gasteiger partial charge in [-0.15, -0.1) is 11.3 Å². The zero-order valence-corrected chi connectivity index (χ0v) is 20.1. The van der Waals surface area contributed by atoms with Crippen molar-refractivity contribution in [3.05, 3.63) is 88.4 Å². The summed E-state index contributed by atoms with van der Waals surface area (Å²) >= 11 is 1.51. The molecule has 0 atom stereocenters. The van der Waals surface area contributed by atoms with E-state index in [9.17, 15) is 5.26 Å². The van der Waals surface area contributed by atoms with Gasteiger partial charge in [-0.3, -0.25) is 0 Å². The lowest BCUT2D eigenvalue weighted by atomic mass is 9.87. The fourth-order valence-electron chi connectivity index (χ4n) is 3.45. The van der Waals surface area contributed by atoms with Crippen LogP contribution in [-0.4, -0.2) is 12.1 Å². The molecule has 33 heavy (non-hydrogen) atoms. The van der Waals surface area contributed by atoms with Crippen LogP contribution >= 0.6 is 11.3 Å². The topological polar surface area (TPSA) is 55.1 Å². The van der Waals surface area contributed by atoms with E-state index in [0.29, 0.717) is 28.7 Å². The van der Waals surface area contributed by atoms with Gasteiger partial charge in [-0.2, -0.15) is 5.26 Å². The van der Waals surface area contributed by atoms with Crippen LogP contribution in [0, 0.1) is 11.3 Å². The second-order valence-corrected chi connectivity index (χ2v) is 9.83. The highest BCUT2D eigenvalue weighted by molar-refractivity contribution is 7.19. The van der Waals surface area contributed by atoms with Crippen molar-refractivity contribution in [3.8, 4) is 17.6 Å². The maximum atomic E-state index is 9.72. The first-order valence-electron chi connectivity index (χ1n) is 10.8. The van der Waals surface area contributed by atoms with Crippen molar-refractivity contribution < 1.29 is 9.47 Å². The Morgan fingerprint density at radius 3 is 2.45 bits per heavy atom. The molecule has 1 aromatic heterocycles. The fraction of sp³-hybridized carbons (Fsp3) is 0.214. The summed E-state index contributed by atoms with van der Waals surface area (Å²) in [4.78, 5) is 4.60. The molecule has 4 rings (SSSR count). The summed E-state index contributed by atoms with van der Waals surface area (Å²) in [6.07, 6.45) is 1.83. The van der Waals surface area contributed by atoms with Crippen LogP contribution in [0.15, 0.2) is 66.7 Å². The standard InChI is InChI=1S/C28H26N2O2S/c1-28(2,3)22-12-9-19(10-13-22)18-32-24-14-11-20(16-25(24)31-4)15-21(17-29)27-30-23-7-5-6-8-26(23)33-27/h5-16H,18H2,1-4H3/b21-15+. The van der Waals surface area contributed by atoms with Crippen LogP contribution < -0.4 is 9.47 Å². The number of methoxy groups -OCH3 is 1. The van der Waals surface area contributed by atoms with Gasteiger partial charge in [-0.05, 0) is 52.4 Å². The smallest absolute Gasteiger partial charge is 0.161 e. The van der Waals surface area contributed by atoms with Crippen molar-refractivity contribution in [2.24, 2.45) is 0 Å². The molecule has 0 N–H and O–H groups in total. The van der Waals surface area contributed by atoms with E-state index in [1.54, 1.807) is 7.11 Å². The molecule has 0 aliphatic heterocycles. The number of nitrogens with zero attached hydrogens (tertiary/aromatic N) is 2. The van der Waals surface area contributed by atoms with Gasteiger partial charge < -0.3 is 9.47 Å². The van der Waals surface area contributed by atoms with Crippen LogP contribution in [0.3, 0.4) is 0 Å². The van der Waals surface area contributed by atoms with E-state index in [1.807, 2.05) is 48.5 Å². The average Bonchev–Trinajstić information content (AvgIpc) is 3.25. The Kier molecular flexibility index (Phi) is 6.48. The molecule has 0 saturated carbocycles. The number of hydrogen-bond acceptors (Lipinski definition) is 5. The summed E-state index contributed by atoms with van der Waals surface area (Å²) in [5.41, 5.74) is 4.78. The highest BCUT2D eigenvalue weighted by atomic mass is 32.1. The first-order chi connectivity index (χ1) is 15.9. The van der Waals surface area contributed by atoms with E-state index < -0.39 is 0 Å². The van der Waals surface area contributed by atoms with Crippen LogP contribution in [0.1, 0.15) is 42.5 Å². The van der Waals surface area contributed by atoms with Crippen molar-refractivity contribution in [1.82, 2.24) is 4.98 Å². The van der Waals surface area contributed by atoms with Gasteiger partial charge in [0.15, 0.2) is 11.5 Å². The molecule has 5 heteroatoms. The third-order valence-electron chi connectivity index (χ3n) is 5.36. The minimum atomic E-state index is 0.125. The van der Waals surface area contributed by atoms with Gasteiger partial charge in [-0.25, -0.2) is 4.98 Å². The monoisotopic (exact) mass is 454 g/mol. The summed E-state index contributed by atoms with van der Waals surface area (Å²) in [5.74, 6) is 1.28. The summed E-state index contributed by atoms with van der Waals surface area (Å²) < 4.78 is 12.6. The predicted octanol–water partition coefficient (Wildman–Crippen LogP) is 7.25. The Bertz CT molecular complexity index is 1310. The van der Waals surface area contributed by atoms with Gasteiger partial charge in [0.1, 0.15) is 17.7 Å². The number of hydrogen-bond donors (Lipinski definition) is 0. The second kappa shape index (κ2) is 9.48. The normalized spacial score (nSPS) is 11.9. The second-order valence-electron chi connectivity index (χ2n) is 8.80. The highest BCUT2D eigenvalue weighted by Crippen LogP contribution is 2.32. The Labute approximate surface area is 198 Å². The molecule has 0 aliphatic carbocycles. The van der Waals surface area contributed by atoms with Crippen molar-refractivity contribution >= 4 is 33.2 Å². The number of allylic oxidation sites excluding steroid dienone is 1. The summed E-state index contributed by atoms with van der Waals surface area (Å²) in [7, 11) is 1.62. The van der Waals surface area contributed by atoms with Crippen LogP contribution in [0.4, 0.5) is 0 Å². The maximum Gasteiger partial charge on any atom is 0.161 e. The first kappa shape index (κ1) is 22.6. The molecule has 0 fully saturated rings. The average molecular weight is 455 g/mol. The van der Waals surface area contributed by atoms with E-state index in [0.717, 1.165) is 21.3 Å². The Morgan fingerprint density at radius 2 is 1.79 bits per heavy atom. The number of aromatic nitrogens is 1. The lowest BCUT2D eigenvalue weighted by Gasteiger charge is -2.19. The molecule has 3 aromatic carbocycles. The summed E-state index contributed by atoms with van der Waals surface area (Å²) in [6, 6.07) is 24.3. The first-order valence-corrected chi connectivity index (χ1v) is 11.6. The van der Waals surface area contributed by atoms with Crippen molar-refractivity contribution in [1.29, 1.82) is 5.26 Å². The molecule has 166 valence electrons. The molecule has 0 spiro atoms. The zero-order chi connectivity index (χ0) is 23.4. The number of rotatable bonds is 6. The summed E-state index contributed by atoms with van der Waals surface area (Å²) in [5, 5.41) is 10.4. The third-order valence-corrected chi connectivity index (χ3v) is 6.43. The van der Waals surface area contributed by atoms with E-state index in [4.69, 9.17) is 9.47 Å². The Hall–Kier alpha value is -3.62. The lowest BCUT2D eigenvalue weighted by molar-refractivity contribution is 0.284. The van der Waals surface area contributed by atoms with Crippen molar-refractivity contribution in [2.75, 3.05) is 7.11 Å². The minimum absolute atomic E-state index is 0.125. The molecule has 0 saturated heterocycles. The van der Waals surface area contributed by atoms with Crippen molar-refractivity contribution in [3.63, 3.8) is 0 Å². The number of para-hydroxylation sites is 1. The van der Waals surface area contributed by atoms with Crippen LogP contribution in [0.5, 0.6) is 11.5 Å². The maximum absolute atomic E-state index is 9.72. The quantitative estimate of drug-likeness (QED) is 0.288. The van der Waals surface area contributed by atoms with Crippen LogP contribution in [-0.2, 0) is 12.0 Å². The Morgan fingerprint density at radius 1 is 1.03 bits per heavy atom. The minimum Gasteiger partial charge on any atom is -0.493 e. The highest BCUT2D eigenvalue weighted by Gasteiger charge is 2.13. The number of thiazole rings is 1. The SMILES string of the molecule is COc1cc(/C=C(\C#N)c2nc3ccccc3s2)ccc1OCc1ccc(C(C)(C)C)cc1. The molecule has 0 amide bonds. The molecule has 1 heterocycles. The molecule has 4 nitrogen and oxygen atoms in total. The molecule has 0 radical (unpaired) electrons. The van der Waals surface area contributed by atoms with E-state index in [2.05, 4.69) is 56.1 Å². The summed E-state index contributed by atoms with van der Waals surface area (Å²) in [6.45, 7) is 7.06. The molecular formula is C28H26N2O2S. The molecular weight excluding hydrogens is 428 g/mol. The number of benzene rings is 3. The largest absolute Gasteiger partial charge is 0.493 e. The van der Waals surface area contributed by atoms with E-state index >= 15 is 0 Å². The van der Waals surface area contributed by atoms with E-state index in [-0.39, 0.29) is 5.41 Å². The van der Waals surface area contributed by atoms with Crippen LogP contribution in [0.2, 0.25) is 0 Å². The van der Waals surface area contributed by atoms with Gasteiger partial charge in [0.05, 0.1) is 22.9 Å². The van der Waals surface area contributed by atoms with Gasteiger partial charge in [-0.1, -0.05) is 63.2 Å².